The van der Waals surface area contributed by atoms with Gasteiger partial charge in [-0.2, -0.15) is 0 Å². The molecule has 0 amide bonds. The van der Waals surface area contributed by atoms with Crippen molar-refractivity contribution in [2.24, 2.45) is 0 Å². The minimum atomic E-state index is -3.36. The zero-order chi connectivity index (χ0) is 14.9. The van der Waals surface area contributed by atoms with Crippen LogP contribution in [0.15, 0.2) is 11.0 Å². The number of thiophene rings is 1. The van der Waals surface area contributed by atoms with Crippen LogP contribution in [0.25, 0.3) is 0 Å². The van der Waals surface area contributed by atoms with Crippen molar-refractivity contribution < 1.29 is 8.42 Å². The van der Waals surface area contributed by atoms with Gasteiger partial charge in [0.05, 0.1) is 4.90 Å². The van der Waals surface area contributed by atoms with Crippen molar-refractivity contribution in [3.05, 3.63) is 15.8 Å². The molecule has 0 bridgehead atoms. The lowest BCUT2D eigenvalue weighted by Crippen LogP contribution is -2.36. The van der Waals surface area contributed by atoms with Crippen LogP contribution in [0.3, 0.4) is 0 Å². The fourth-order valence-electron chi connectivity index (χ4n) is 2.91. The maximum absolute atomic E-state index is 12.6. The lowest BCUT2D eigenvalue weighted by molar-refractivity contribution is 0.412. The first kappa shape index (κ1) is 15.5. The molecule has 2 aliphatic rings. The summed E-state index contributed by atoms with van der Waals surface area (Å²) in [5.41, 5.74) is 0. The predicted molar refractivity (Wildman–Crippen MR) is 86.1 cm³/mol. The first-order valence-corrected chi connectivity index (χ1v) is 10.2. The number of hydrogen-bond donors (Lipinski definition) is 2. The van der Waals surface area contributed by atoms with Crippen LogP contribution in [0.5, 0.6) is 0 Å². The molecule has 0 saturated heterocycles. The Morgan fingerprint density at radius 1 is 1.14 bits per heavy atom. The van der Waals surface area contributed by atoms with Crippen molar-refractivity contribution in [1.29, 1.82) is 0 Å². The largest absolute Gasteiger partial charge is 0.309 e. The highest BCUT2D eigenvalue weighted by molar-refractivity contribution is 7.89. The van der Waals surface area contributed by atoms with Gasteiger partial charge in [0.25, 0.3) is 0 Å². The molecule has 21 heavy (non-hydrogen) atoms. The Labute approximate surface area is 131 Å². The summed E-state index contributed by atoms with van der Waals surface area (Å²) in [4.78, 5) is 2.49. The van der Waals surface area contributed by atoms with Gasteiger partial charge in [-0.15, -0.1) is 11.3 Å². The average Bonchev–Trinajstić information content (AvgIpc) is 3.19. The van der Waals surface area contributed by atoms with Gasteiger partial charge in [-0.1, -0.05) is 19.3 Å². The summed E-state index contributed by atoms with van der Waals surface area (Å²) in [6.07, 6.45) is 7.93. The highest BCUT2D eigenvalue weighted by Gasteiger charge is 2.25. The third-order valence-electron chi connectivity index (χ3n) is 4.28. The molecule has 4 nitrogen and oxygen atoms in total. The number of sulfonamides is 1. The molecule has 0 aromatic carbocycles. The van der Waals surface area contributed by atoms with Crippen LogP contribution in [0.1, 0.15) is 54.7 Å². The van der Waals surface area contributed by atoms with Crippen molar-refractivity contribution in [1.82, 2.24) is 10.0 Å². The van der Waals surface area contributed by atoms with E-state index < -0.39 is 10.0 Å². The third-order valence-corrected chi connectivity index (χ3v) is 7.11. The summed E-state index contributed by atoms with van der Waals surface area (Å²) in [5, 5.41) is 3.44. The van der Waals surface area contributed by atoms with E-state index in [-0.39, 0.29) is 6.04 Å². The Hall–Kier alpha value is -0.430. The van der Waals surface area contributed by atoms with Crippen LogP contribution in [0.4, 0.5) is 0 Å². The molecule has 0 spiro atoms. The Bertz CT molecular complexity index is 585. The normalized spacial score (nSPS) is 20.8. The molecular formula is C15H24N2O2S2. The van der Waals surface area contributed by atoms with E-state index in [1.54, 1.807) is 11.3 Å². The van der Waals surface area contributed by atoms with E-state index in [0.29, 0.717) is 10.9 Å². The van der Waals surface area contributed by atoms with E-state index in [1.807, 2.05) is 13.0 Å². The highest BCUT2D eigenvalue weighted by Crippen LogP contribution is 2.28. The second kappa shape index (κ2) is 6.36. The molecule has 2 fully saturated rings. The molecule has 0 unspecified atom stereocenters. The van der Waals surface area contributed by atoms with E-state index in [1.165, 1.54) is 19.3 Å². The lowest BCUT2D eigenvalue weighted by atomic mass is 9.96. The van der Waals surface area contributed by atoms with Crippen molar-refractivity contribution in [2.75, 3.05) is 0 Å². The van der Waals surface area contributed by atoms with E-state index in [9.17, 15) is 8.42 Å². The van der Waals surface area contributed by atoms with Gasteiger partial charge in [-0.25, -0.2) is 13.1 Å². The number of rotatable bonds is 6. The molecule has 6 heteroatoms. The van der Waals surface area contributed by atoms with E-state index in [2.05, 4.69) is 10.0 Å². The molecule has 0 atom stereocenters. The van der Waals surface area contributed by atoms with Crippen LogP contribution in [-0.2, 0) is 16.6 Å². The maximum Gasteiger partial charge on any atom is 0.241 e. The van der Waals surface area contributed by atoms with Gasteiger partial charge in [0.15, 0.2) is 0 Å². The van der Waals surface area contributed by atoms with Crippen molar-refractivity contribution in [2.45, 2.75) is 75.4 Å². The lowest BCUT2D eigenvalue weighted by Gasteiger charge is -2.22. The van der Waals surface area contributed by atoms with Crippen molar-refractivity contribution >= 4 is 21.4 Å². The van der Waals surface area contributed by atoms with Crippen LogP contribution in [0.2, 0.25) is 0 Å². The van der Waals surface area contributed by atoms with Gasteiger partial charge in [0.2, 0.25) is 10.0 Å². The fourth-order valence-corrected chi connectivity index (χ4v) is 5.81. The first-order valence-electron chi connectivity index (χ1n) is 7.89. The SMILES string of the molecule is Cc1sc(CNC2CC2)cc1S(=O)(=O)NC1CCCCC1. The molecule has 3 rings (SSSR count). The molecule has 1 aromatic rings. The monoisotopic (exact) mass is 328 g/mol. The summed E-state index contributed by atoms with van der Waals surface area (Å²) in [7, 11) is -3.36. The van der Waals surface area contributed by atoms with Crippen LogP contribution >= 0.6 is 11.3 Å². The molecule has 1 heterocycles. The third kappa shape index (κ3) is 4.06. The zero-order valence-corrected chi connectivity index (χ0v) is 14.2. The Kier molecular flexibility index (Phi) is 4.69. The van der Waals surface area contributed by atoms with Gasteiger partial charge in [0.1, 0.15) is 0 Å². The van der Waals surface area contributed by atoms with Gasteiger partial charge in [-0.3, -0.25) is 0 Å². The Balaban J connectivity index is 1.68. The Morgan fingerprint density at radius 3 is 2.52 bits per heavy atom. The predicted octanol–water partition coefficient (Wildman–Crippen LogP) is 2.92. The fraction of sp³-hybridized carbons (Fsp3) is 0.733. The molecular weight excluding hydrogens is 304 g/mol. The quantitative estimate of drug-likeness (QED) is 0.844. The number of aryl methyl sites for hydroxylation is 1. The molecule has 0 aliphatic heterocycles. The number of hydrogen-bond acceptors (Lipinski definition) is 4. The molecule has 118 valence electrons. The van der Waals surface area contributed by atoms with Crippen LogP contribution < -0.4 is 10.0 Å². The molecule has 0 radical (unpaired) electrons. The van der Waals surface area contributed by atoms with Gasteiger partial charge < -0.3 is 5.32 Å². The smallest absolute Gasteiger partial charge is 0.241 e. The summed E-state index contributed by atoms with van der Waals surface area (Å²) in [6, 6.07) is 2.62. The number of nitrogens with one attached hydrogen (secondary N) is 2. The maximum atomic E-state index is 12.6. The van der Waals surface area contributed by atoms with E-state index >= 15 is 0 Å². The van der Waals surface area contributed by atoms with Gasteiger partial charge in [-0.05, 0) is 38.7 Å². The minimum absolute atomic E-state index is 0.121. The van der Waals surface area contributed by atoms with Gasteiger partial charge in [0, 0.05) is 28.4 Å². The molecule has 2 N–H and O–H groups in total. The van der Waals surface area contributed by atoms with Gasteiger partial charge >= 0.3 is 0 Å². The van der Waals surface area contributed by atoms with Crippen LogP contribution in [0, 0.1) is 6.92 Å². The highest BCUT2D eigenvalue weighted by atomic mass is 32.2. The van der Waals surface area contributed by atoms with Crippen molar-refractivity contribution in [3.63, 3.8) is 0 Å². The minimum Gasteiger partial charge on any atom is -0.309 e. The summed E-state index contributed by atoms with van der Waals surface area (Å²) < 4.78 is 28.0. The van der Waals surface area contributed by atoms with Crippen molar-refractivity contribution in [3.8, 4) is 0 Å². The van der Waals surface area contributed by atoms with E-state index in [0.717, 1.165) is 42.0 Å². The summed E-state index contributed by atoms with van der Waals surface area (Å²) in [6.45, 7) is 2.69. The molecule has 2 aliphatic carbocycles. The second-order valence-electron chi connectivity index (χ2n) is 6.24. The topological polar surface area (TPSA) is 58.2 Å². The molecule has 2 saturated carbocycles. The van der Waals surface area contributed by atoms with Crippen LogP contribution in [-0.4, -0.2) is 20.5 Å². The van der Waals surface area contributed by atoms with E-state index in [4.69, 9.17) is 0 Å². The average molecular weight is 329 g/mol. The molecule has 1 aromatic heterocycles. The summed E-state index contributed by atoms with van der Waals surface area (Å²) >= 11 is 1.59. The zero-order valence-electron chi connectivity index (χ0n) is 12.5. The Morgan fingerprint density at radius 2 is 1.86 bits per heavy atom. The second-order valence-corrected chi connectivity index (χ2v) is 9.27. The standard InChI is InChI=1S/C15H24N2O2S2/c1-11-15(9-14(20-11)10-16-12-7-8-12)21(18,19)17-13-5-3-2-4-6-13/h9,12-13,16-17H,2-8,10H2,1H3. The summed E-state index contributed by atoms with van der Waals surface area (Å²) in [5.74, 6) is 0. The first-order chi connectivity index (χ1) is 10.0.